The quantitative estimate of drug-likeness (QED) is 0.738. The monoisotopic (exact) mass is 329 g/mol. The number of nitrogens with zero attached hydrogens (tertiary/aromatic N) is 1. The normalized spacial score (nSPS) is 24.9. The Morgan fingerprint density at radius 3 is 2.65 bits per heavy atom. The SMILES string of the molecule is CC(CN1CCOCC1)NC(=O)C1CNCCO1.Cl.Cl. The first-order chi connectivity index (χ1) is 8.75. The van der Waals surface area contributed by atoms with E-state index in [4.69, 9.17) is 9.47 Å². The van der Waals surface area contributed by atoms with Gasteiger partial charge in [0.05, 0.1) is 19.8 Å². The molecule has 0 spiro atoms. The predicted octanol–water partition coefficient (Wildman–Crippen LogP) is -0.345. The third-order valence-corrected chi connectivity index (χ3v) is 3.24. The van der Waals surface area contributed by atoms with Gasteiger partial charge in [-0.25, -0.2) is 0 Å². The lowest BCUT2D eigenvalue weighted by atomic mass is 10.2. The number of hydrogen-bond donors (Lipinski definition) is 2. The van der Waals surface area contributed by atoms with Crippen LogP contribution in [0.1, 0.15) is 6.92 Å². The fourth-order valence-corrected chi connectivity index (χ4v) is 2.29. The number of ether oxygens (including phenoxy) is 2. The van der Waals surface area contributed by atoms with E-state index in [1.807, 2.05) is 6.92 Å². The van der Waals surface area contributed by atoms with E-state index < -0.39 is 0 Å². The molecular formula is C12H25Cl2N3O3. The molecule has 0 aromatic rings. The van der Waals surface area contributed by atoms with Gasteiger partial charge in [-0.1, -0.05) is 0 Å². The van der Waals surface area contributed by atoms with Crippen molar-refractivity contribution < 1.29 is 14.3 Å². The summed E-state index contributed by atoms with van der Waals surface area (Å²) in [6.45, 7) is 8.41. The van der Waals surface area contributed by atoms with Crippen LogP contribution in [0.25, 0.3) is 0 Å². The topological polar surface area (TPSA) is 62.8 Å². The molecule has 2 unspecified atom stereocenters. The summed E-state index contributed by atoms with van der Waals surface area (Å²) in [6.07, 6.45) is -0.342. The van der Waals surface area contributed by atoms with Crippen molar-refractivity contribution in [1.29, 1.82) is 0 Å². The Morgan fingerprint density at radius 2 is 2.05 bits per heavy atom. The lowest BCUT2D eigenvalue weighted by Crippen LogP contribution is -2.52. The molecule has 120 valence electrons. The number of halogens is 2. The molecule has 1 amide bonds. The molecule has 6 nitrogen and oxygen atoms in total. The molecule has 0 bridgehead atoms. The maximum absolute atomic E-state index is 11.9. The van der Waals surface area contributed by atoms with Crippen LogP contribution in [-0.4, -0.2) is 75.5 Å². The molecule has 0 radical (unpaired) electrons. The van der Waals surface area contributed by atoms with Crippen LogP contribution in [0.15, 0.2) is 0 Å². The molecule has 0 saturated carbocycles. The minimum Gasteiger partial charge on any atom is -0.379 e. The second kappa shape index (κ2) is 10.6. The Morgan fingerprint density at radius 1 is 1.35 bits per heavy atom. The molecule has 2 rings (SSSR count). The fourth-order valence-electron chi connectivity index (χ4n) is 2.29. The Hall–Kier alpha value is -0.110. The van der Waals surface area contributed by atoms with Gasteiger partial charge in [0, 0.05) is 38.8 Å². The average molecular weight is 330 g/mol. The summed E-state index contributed by atoms with van der Waals surface area (Å²) in [5, 5.41) is 6.17. The van der Waals surface area contributed by atoms with E-state index in [0.29, 0.717) is 13.2 Å². The summed E-state index contributed by atoms with van der Waals surface area (Å²) < 4.78 is 10.7. The Balaban J connectivity index is 0.00000180. The summed E-state index contributed by atoms with van der Waals surface area (Å²) in [5.74, 6) is -0.0111. The van der Waals surface area contributed by atoms with Crippen LogP contribution in [0, 0.1) is 0 Å². The Bertz CT molecular complexity index is 273. The number of carbonyl (C=O) groups is 1. The van der Waals surface area contributed by atoms with Crippen LogP contribution in [0.3, 0.4) is 0 Å². The van der Waals surface area contributed by atoms with Gasteiger partial charge in [0.2, 0.25) is 0 Å². The van der Waals surface area contributed by atoms with Gasteiger partial charge in [-0.3, -0.25) is 9.69 Å². The first kappa shape index (κ1) is 19.9. The number of nitrogens with one attached hydrogen (secondary N) is 2. The van der Waals surface area contributed by atoms with E-state index in [2.05, 4.69) is 15.5 Å². The highest BCUT2D eigenvalue weighted by molar-refractivity contribution is 5.85. The van der Waals surface area contributed by atoms with Gasteiger partial charge in [-0.15, -0.1) is 24.8 Å². The van der Waals surface area contributed by atoms with Crippen molar-refractivity contribution in [3.8, 4) is 0 Å². The maximum atomic E-state index is 11.9. The average Bonchev–Trinajstić information content (AvgIpc) is 2.40. The van der Waals surface area contributed by atoms with Gasteiger partial charge >= 0.3 is 0 Å². The highest BCUT2D eigenvalue weighted by Gasteiger charge is 2.23. The molecule has 2 saturated heterocycles. The smallest absolute Gasteiger partial charge is 0.250 e. The summed E-state index contributed by atoms with van der Waals surface area (Å²) in [4.78, 5) is 14.2. The summed E-state index contributed by atoms with van der Waals surface area (Å²) in [6, 6.07) is 0.140. The zero-order chi connectivity index (χ0) is 12.8. The zero-order valence-corrected chi connectivity index (χ0v) is 13.4. The van der Waals surface area contributed by atoms with E-state index in [9.17, 15) is 4.79 Å². The molecule has 2 N–H and O–H groups in total. The first-order valence-corrected chi connectivity index (χ1v) is 6.68. The molecular weight excluding hydrogens is 305 g/mol. The van der Waals surface area contributed by atoms with E-state index in [1.165, 1.54) is 0 Å². The Kier molecular flexibility index (Phi) is 10.5. The van der Waals surface area contributed by atoms with Gasteiger partial charge in [0.1, 0.15) is 6.10 Å². The van der Waals surface area contributed by atoms with Crippen molar-refractivity contribution in [3.05, 3.63) is 0 Å². The summed E-state index contributed by atoms with van der Waals surface area (Å²) in [5.41, 5.74) is 0. The van der Waals surface area contributed by atoms with Crippen molar-refractivity contribution in [1.82, 2.24) is 15.5 Å². The molecule has 2 heterocycles. The minimum atomic E-state index is -0.342. The van der Waals surface area contributed by atoms with Crippen LogP contribution >= 0.6 is 24.8 Å². The maximum Gasteiger partial charge on any atom is 0.250 e. The van der Waals surface area contributed by atoms with Crippen molar-refractivity contribution in [2.24, 2.45) is 0 Å². The second-order valence-corrected chi connectivity index (χ2v) is 4.89. The molecule has 0 aromatic heterocycles. The molecule has 20 heavy (non-hydrogen) atoms. The van der Waals surface area contributed by atoms with Gasteiger partial charge in [-0.2, -0.15) is 0 Å². The van der Waals surface area contributed by atoms with Crippen molar-refractivity contribution in [2.45, 2.75) is 19.1 Å². The first-order valence-electron chi connectivity index (χ1n) is 6.68. The largest absolute Gasteiger partial charge is 0.379 e. The highest BCUT2D eigenvalue weighted by atomic mass is 35.5. The van der Waals surface area contributed by atoms with Crippen LogP contribution in [-0.2, 0) is 14.3 Å². The van der Waals surface area contributed by atoms with E-state index in [-0.39, 0.29) is 42.9 Å². The third kappa shape index (κ3) is 6.56. The molecule has 8 heteroatoms. The third-order valence-electron chi connectivity index (χ3n) is 3.24. The zero-order valence-electron chi connectivity index (χ0n) is 11.8. The van der Waals surface area contributed by atoms with Crippen LogP contribution < -0.4 is 10.6 Å². The van der Waals surface area contributed by atoms with Gasteiger partial charge < -0.3 is 20.1 Å². The van der Waals surface area contributed by atoms with Crippen molar-refractivity contribution in [2.75, 3.05) is 52.5 Å². The van der Waals surface area contributed by atoms with Gasteiger partial charge in [-0.05, 0) is 6.92 Å². The van der Waals surface area contributed by atoms with Crippen molar-refractivity contribution >= 4 is 30.7 Å². The summed E-state index contributed by atoms with van der Waals surface area (Å²) >= 11 is 0. The lowest BCUT2D eigenvalue weighted by Gasteiger charge is -2.30. The molecule has 2 aliphatic heterocycles. The molecule has 2 atom stereocenters. The minimum absolute atomic E-state index is 0. The summed E-state index contributed by atoms with van der Waals surface area (Å²) in [7, 11) is 0. The lowest BCUT2D eigenvalue weighted by molar-refractivity contribution is -0.135. The second-order valence-electron chi connectivity index (χ2n) is 4.89. The molecule has 2 fully saturated rings. The standard InChI is InChI=1S/C12H23N3O3.2ClH/c1-10(9-15-3-6-17-7-4-15)14-12(16)11-8-13-2-5-18-11;;/h10-11,13H,2-9H2,1H3,(H,14,16);2*1H. The van der Waals surface area contributed by atoms with Crippen molar-refractivity contribution in [3.63, 3.8) is 0 Å². The van der Waals surface area contributed by atoms with Gasteiger partial charge in [0.25, 0.3) is 5.91 Å². The highest BCUT2D eigenvalue weighted by Crippen LogP contribution is 2.00. The number of hydrogen-bond acceptors (Lipinski definition) is 5. The van der Waals surface area contributed by atoms with Crippen LogP contribution in [0.2, 0.25) is 0 Å². The van der Waals surface area contributed by atoms with E-state index in [0.717, 1.165) is 39.4 Å². The van der Waals surface area contributed by atoms with Gasteiger partial charge in [0.15, 0.2) is 0 Å². The van der Waals surface area contributed by atoms with Crippen LogP contribution in [0.4, 0.5) is 0 Å². The Labute approximate surface area is 132 Å². The van der Waals surface area contributed by atoms with E-state index in [1.54, 1.807) is 0 Å². The number of rotatable bonds is 4. The number of morpholine rings is 2. The number of amides is 1. The fraction of sp³-hybridized carbons (Fsp3) is 0.917. The molecule has 2 aliphatic rings. The molecule has 0 aromatic carbocycles. The molecule has 0 aliphatic carbocycles. The number of carbonyl (C=O) groups excluding carboxylic acids is 1. The predicted molar refractivity (Wildman–Crippen MR) is 82.0 cm³/mol. The van der Waals surface area contributed by atoms with E-state index >= 15 is 0 Å². The van der Waals surface area contributed by atoms with Crippen LogP contribution in [0.5, 0.6) is 0 Å².